The Bertz CT molecular complexity index is 1270. The lowest BCUT2D eigenvalue weighted by Crippen LogP contribution is -2.06. The molecule has 0 amide bonds. The van der Waals surface area contributed by atoms with Crippen molar-refractivity contribution in [3.05, 3.63) is 59.0 Å². The number of hydrogen-bond acceptors (Lipinski definition) is 5. The molecule has 3 aromatic heterocycles. The summed E-state index contributed by atoms with van der Waals surface area (Å²) in [6, 6.07) is 9.12. The third-order valence-electron chi connectivity index (χ3n) is 5.02. The number of pyridine rings is 2. The van der Waals surface area contributed by atoms with Gasteiger partial charge in [0, 0.05) is 33.7 Å². The number of aromatic nitrogens is 4. The SMILES string of the molecule is CC(C)S(=O)c1cc(Cl)c(-c2nc3c([nH]2)-c2ccncc2Nc2ncccc2-3)c(Cl)c1. The first-order chi connectivity index (χ1) is 14.9. The molecule has 0 saturated carbocycles. The van der Waals surface area contributed by atoms with E-state index in [1.807, 2.05) is 32.0 Å². The fraction of sp³-hybridized carbons (Fsp3) is 0.136. The Balaban J connectivity index is 1.72. The number of aromatic amines is 1. The number of imidazole rings is 1. The van der Waals surface area contributed by atoms with E-state index in [1.165, 1.54) is 0 Å². The van der Waals surface area contributed by atoms with E-state index in [9.17, 15) is 4.21 Å². The van der Waals surface area contributed by atoms with Crippen molar-refractivity contribution < 1.29 is 4.21 Å². The van der Waals surface area contributed by atoms with E-state index in [4.69, 9.17) is 28.2 Å². The Morgan fingerprint density at radius 1 is 1.06 bits per heavy atom. The van der Waals surface area contributed by atoms with Crippen LogP contribution in [-0.2, 0) is 10.8 Å². The summed E-state index contributed by atoms with van der Waals surface area (Å²) >= 11 is 13.2. The van der Waals surface area contributed by atoms with Gasteiger partial charge in [0.1, 0.15) is 17.3 Å². The molecule has 0 spiro atoms. The Hall–Kier alpha value is -2.74. The molecule has 0 aliphatic carbocycles. The molecule has 2 N–H and O–H groups in total. The average Bonchev–Trinajstić information content (AvgIpc) is 3.12. The Morgan fingerprint density at radius 2 is 1.84 bits per heavy atom. The second kappa shape index (κ2) is 7.75. The molecule has 0 fully saturated rings. The molecule has 0 radical (unpaired) electrons. The van der Waals surface area contributed by atoms with Gasteiger partial charge in [-0.15, -0.1) is 0 Å². The van der Waals surface area contributed by atoms with Crippen molar-refractivity contribution in [1.29, 1.82) is 0 Å². The highest BCUT2D eigenvalue weighted by Gasteiger charge is 2.26. The van der Waals surface area contributed by atoms with Gasteiger partial charge in [-0.2, -0.15) is 0 Å². The van der Waals surface area contributed by atoms with Gasteiger partial charge in [0.05, 0.1) is 44.0 Å². The molecular weight excluding hydrogens is 453 g/mol. The summed E-state index contributed by atoms with van der Waals surface area (Å²) in [5, 5.41) is 4.06. The highest BCUT2D eigenvalue weighted by molar-refractivity contribution is 7.85. The van der Waals surface area contributed by atoms with Crippen LogP contribution < -0.4 is 5.32 Å². The van der Waals surface area contributed by atoms with E-state index < -0.39 is 10.8 Å². The summed E-state index contributed by atoms with van der Waals surface area (Å²) in [5.41, 5.74) is 4.69. The largest absolute Gasteiger partial charge is 0.338 e. The molecule has 4 heterocycles. The van der Waals surface area contributed by atoms with Gasteiger partial charge in [-0.3, -0.25) is 9.19 Å². The molecule has 156 valence electrons. The lowest BCUT2D eigenvalue weighted by Gasteiger charge is -2.11. The molecule has 0 saturated heterocycles. The average molecular weight is 470 g/mol. The van der Waals surface area contributed by atoms with E-state index in [0.717, 1.165) is 28.2 Å². The summed E-state index contributed by atoms with van der Waals surface area (Å²) in [6.07, 6.45) is 5.20. The summed E-state index contributed by atoms with van der Waals surface area (Å²) in [5.74, 6) is 1.22. The van der Waals surface area contributed by atoms with Crippen LogP contribution in [0.1, 0.15) is 13.8 Å². The minimum atomic E-state index is -1.20. The molecule has 9 heteroatoms. The number of nitrogens with zero attached hydrogens (tertiary/aromatic N) is 3. The summed E-state index contributed by atoms with van der Waals surface area (Å²) in [4.78, 5) is 17.5. The number of anilines is 2. The molecule has 1 unspecified atom stereocenters. The number of H-pyrrole nitrogens is 1. The smallest absolute Gasteiger partial charge is 0.141 e. The minimum Gasteiger partial charge on any atom is -0.338 e. The van der Waals surface area contributed by atoms with Crippen LogP contribution in [0, 0.1) is 0 Å². The quantitative estimate of drug-likeness (QED) is 0.334. The van der Waals surface area contributed by atoms with Crippen molar-refractivity contribution in [1.82, 2.24) is 19.9 Å². The van der Waals surface area contributed by atoms with E-state index in [1.54, 1.807) is 30.7 Å². The molecule has 0 bridgehead atoms. The number of nitrogens with one attached hydrogen (secondary N) is 2. The van der Waals surface area contributed by atoms with Crippen LogP contribution in [0.3, 0.4) is 0 Å². The van der Waals surface area contributed by atoms with Gasteiger partial charge in [-0.1, -0.05) is 37.0 Å². The summed E-state index contributed by atoms with van der Waals surface area (Å²) < 4.78 is 12.5. The Kier molecular flexibility index (Phi) is 5.04. The maximum Gasteiger partial charge on any atom is 0.141 e. The second-order valence-electron chi connectivity index (χ2n) is 7.36. The first-order valence-corrected chi connectivity index (χ1v) is 11.6. The topological polar surface area (TPSA) is 83.6 Å². The van der Waals surface area contributed by atoms with E-state index in [2.05, 4.69) is 20.3 Å². The van der Waals surface area contributed by atoms with Crippen molar-refractivity contribution in [2.45, 2.75) is 24.0 Å². The zero-order chi connectivity index (χ0) is 21.7. The van der Waals surface area contributed by atoms with Gasteiger partial charge in [-0.05, 0) is 30.3 Å². The number of halogens is 2. The second-order valence-corrected chi connectivity index (χ2v) is 10.2. The van der Waals surface area contributed by atoms with Gasteiger partial charge in [-0.25, -0.2) is 9.97 Å². The van der Waals surface area contributed by atoms with Crippen molar-refractivity contribution in [2.24, 2.45) is 0 Å². The minimum absolute atomic E-state index is 0.0423. The van der Waals surface area contributed by atoms with Gasteiger partial charge in [0.2, 0.25) is 0 Å². The highest BCUT2D eigenvalue weighted by atomic mass is 35.5. The molecule has 31 heavy (non-hydrogen) atoms. The molecule has 5 rings (SSSR count). The zero-order valence-corrected chi connectivity index (χ0v) is 18.9. The van der Waals surface area contributed by atoms with Gasteiger partial charge in [0.15, 0.2) is 0 Å². The fourth-order valence-corrected chi connectivity index (χ4v) is 5.39. The molecule has 1 aliphatic rings. The van der Waals surface area contributed by atoms with Crippen LogP contribution in [0.5, 0.6) is 0 Å². The molecule has 1 atom stereocenters. The van der Waals surface area contributed by atoms with Crippen LogP contribution in [-0.4, -0.2) is 29.4 Å². The van der Waals surface area contributed by atoms with E-state index >= 15 is 0 Å². The summed E-state index contributed by atoms with van der Waals surface area (Å²) in [7, 11) is -1.20. The van der Waals surface area contributed by atoms with E-state index in [-0.39, 0.29) is 5.25 Å². The summed E-state index contributed by atoms with van der Waals surface area (Å²) in [6.45, 7) is 3.78. The molecular formula is C22H17Cl2N5OS. The molecule has 6 nitrogen and oxygen atoms in total. The monoisotopic (exact) mass is 469 g/mol. The van der Waals surface area contributed by atoms with Crippen LogP contribution in [0.15, 0.2) is 53.8 Å². The maximum absolute atomic E-state index is 12.5. The number of hydrogen-bond donors (Lipinski definition) is 2. The fourth-order valence-electron chi connectivity index (χ4n) is 3.58. The number of benzene rings is 1. The van der Waals surface area contributed by atoms with Crippen LogP contribution in [0.4, 0.5) is 11.5 Å². The Labute approximate surface area is 191 Å². The predicted octanol–water partition coefficient (Wildman–Crippen LogP) is 6.08. The van der Waals surface area contributed by atoms with Gasteiger partial charge < -0.3 is 10.3 Å². The van der Waals surface area contributed by atoms with Crippen molar-refractivity contribution >= 4 is 45.5 Å². The van der Waals surface area contributed by atoms with Gasteiger partial charge >= 0.3 is 0 Å². The number of fused-ring (bicyclic) bond motifs is 5. The third kappa shape index (κ3) is 3.43. The van der Waals surface area contributed by atoms with Crippen molar-refractivity contribution in [2.75, 3.05) is 5.32 Å². The Morgan fingerprint density at radius 3 is 2.58 bits per heavy atom. The van der Waals surface area contributed by atoms with Crippen LogP contribution in [0.25, 0.3) is 33.9 Å². The van der Waals surface area contributed by atoms with Crippen molar-refractivity contribution in [3.8, 4) is 33.9 Å². The first kappa shape index (κ1) is 20.2. The zero-order valence-electron chi connectivity index (χ0n) is 16.6. The molecule has 4 aromatic rings. The lowest BCUT2D eigenvalue weighted by atomic mass is 10.1. The van der Waals surface area contributed by atoms with Gasteiger partial charge in [0.25, 0.3) is 0 Å². The normalized spacial score (nSPS) is 13.1. The number of rotatable bonds is 3. The lowest BCUT2D eigenvalue weighted by molar-refractivity contribution is 0.677. The standard InChI is InChI=1S/C22H17Cl2N5OS/c1-11(2)31(30)12-8-15(23)18(16(24)9-12)22-28-19-13-5-7-25-10-17(13)27-21-14(20(19)29-22)4-3-6-26-21/h3-11H,1-2H3,(H,26,27)(H,28,29). The maximum atomic E-state index is 12.5. The molecule has 1 aliphatic heterocycles. The van der Waals surface area contributed by atoms with Crippen molar-refractivity contribution in [3.63, 3.8) is 0 Å². The first-order valence-electron chi connectivity index (χ1n) is 9.61. The highest BCUT2D eigenvalue weighted by Crippen LogP contribution is 2.44. The van der Waals surface area contributed by atoms with E-state index in [0.29, 0.717) is 32.1 Å². The third-order valence-corrected chi connectivity index (χ3v) is 7.18. The predicted molar refractivity (Wildman–Crippen MR) is 125 cm³/mol. The molecule has 1 aromatic carbocycles. The van der Waals surface area contributed by atoms with Crippen LogP contribution in [0.2, 0.25) is 10.0 Å². The van der Waals surface area contributed by atoms with Crippen LogP contribution >= 0.6 is 23.2 Å².